The summed E-state index contributed by atoms with van der Waals surface area (Å²) < 4.78 is 5.37. The van der Waals surface area contributed by atoms with Gasteiger partial charge in [0, 0.05) is 5.39 Å². The molecular weight excluding hydrogens is 266 g/mol. The lowest BCUT2D eigenvalue weighted by Crippen LogP contribution is -2.34. The van der Waals surface area contributed by atoms with Crippen LogP contribution in [0, 0.1) is 0 Å². The van der Waals surface area contributed by atoms with Crippen molar-refractivity contribution in [1.29, 1.82) is 0 Å². The molecule has 4 heteroatoms. The minimum absolute atomic E-state index is 0.643. The number of rotatable bonds is 6. The highest BCUT2D eigenvalue weighted by molar-refractivity contribution is 5.94. The summed E-state index contributed by atoms with van der Waals surface area (Å²) in [6.45, 7) is 5.33. The molecule has 0 saturated carbocycles. The Morgan fingerprint density at radius 3 is 2.29 bits per heavy atom. The van der Waals surface area contributed by atoms with Gasteiger partial charge in [0.15, 0.2) is 0 Å². The van der Waals surface area contributed by atoms with E-state index in [1.165, 1.54) is 0 Å². The van der Waals surface area contributed by atoms with Gasteiger partial charge in [-0.05, 0) is 30.1 Å². The minimum atomic E-state index is -0.825. The summed E-state index contributed by atoms with van der Waals surface area (Å²) >= 11 is 0. The van der Waals surface area contributed by atoms with E-state index in [9.17, 15) is 9.90 Å². The third-order valence-electron chi connectivity index (χ3n) is 3.84. The molecule has 0 fully saturated rings. The number of aliphatic carboxylic acids is 1. The molecule has 4 nitrogen and oxygen atoms in total. The number of hydrogen-bond acceptors (Lipinski definition) is 3. The molecular formula is C17H21NO3. The largest absolute Gasteiger partial charge is 0.496 e. The molecule has 2 aromatic carbocycles. The van der Waals surface area contributed by atoms with Crippen LogP contribution >= 0.6 is 0 Å². The van der Waals surface area contributed by atoms with Crippen LogP contribution in [-0.4, -0.2) is 36.2 Å². The molecule has 2 rings (SSSR count). The quantitative estimate of drug-likeness (QED) is 0.885. The van der Waals surface area contributed by atoms with Crippen molar-refractivity contribution in [2.75, 3.05) is 20.2 Å². The van der Waals surface area contributed by atoms with Crippen molar-refractivity contribution in [3.63, 3.8) is 0 Å². The number of nitrogens with zero attached hydrogens (tertiary/aromatic N) is 1. The fourth-order valence-electron chi connectivity index (χ4n) is 2.79. The van der Waals surface area contributed by atoms with Gasteiger partial charge in [-0.3, -0.25) is 9.69 Å². The molecule has 21 heavy (non-hydrogen) atoms. The molecule has 0 heterocycles. The molecule has 2 aromatic rings. The Kier molecular flexibility index (Phi) is 4.81. The van der Waals surface area contributed by atoms with Crippen LogP contribution in [0.4, 0.5) is 0 Å². The molecule has 1 atom stereocenters. The normalized spacial score (nSPS) is 12.6. The average molecular weight is 287 g/mol. The van der Waals surface area contributed by atoms with Crippen LogP contribution in [0.25, 0.3) is 10.8 Å². The van der Waals surface area contributed by atoms with Crippen LogP contribution in [0.1, 0.15) is 25.5 Å². The van der Waals surface area contributed by atoms with Gasteiger partial charge in [-0.25, -0.2) is 0 Å². The van der Waals surface area contributed by atoms with Crippen molar-refractivity contribution in [3.8, 4) is 5.75 Å². The summed E-state index contributed by atoms with van der Waals surface area (Å²) in [6.07, 6.45) is 0. The highest BCUT2D eigenvalue weighted by Gasteiger charge is 2.27. The van der Waals surface area contributed by atoms with E-state index in [1.807, 2.05) is 55.1 Å². The number of benzene rings is 2. The number of hydrogen-bond donors (Lipinski definition) is 1. The first-order valence-electron chi connectivity index (χ1n) is 7.16. The van der Waals surface area contributed by atoms with Gasteiger partial charge in [0.25, 0.3) is 0 Å². The second-order valence-corrected chi connectivity index (χ2v) is 4.86. The predicted octanol–water partition coefficient (Wildman–Crippen LogP) is 3.32. The average Bonchev–Trinajstić information content (AvgIpc) is 2.51. The van der Waals surface area contributed by atoms with Crippen LogP contribution in [0.15, 0.2) is 36.4 Å². The van der Waals surface area contributed by atoms with Crippen molar-refractivity contribution < 1.29 is 14.6 Å². The third kappa shape index (κ3) is 2.85. The Labute approximate surface area is 124 Å². The van der Waals surface area contributed by atoms with E-state index in [0.29, 0.717) is 13.1 Å². The Morgan fingerprint density at radius 2 is 1.76 bits per heavy atom. The summed E-state index contributed by atoms with van der Waals surface area (Å²) in [4.78, 5) is 13.7. The van der Waals surface area contributed by atoms with Crippen LogP contribution in [0.2, 0.25) is 0 Å². The number of methoxy groups -OCH3 is 1. The van der Waals surface area contributed by atoms with Gasteiger partial charge in [0.2, 0.25) is 0 Å². The van der Waals surface area contributed by atoms with Crippen LogP contribution < -0.4 is 4.74 Å². The summed E-state index contributed by atoms with van der Waals surface area (Å²) in [7, 11) is 1.63. The predicted molar refractivity (Wildman–Crippen MR) is 83.8 cm³/mol. The molecule has 0 radical (unpaired) electrons. The maximum Gasteiger partial charge on any atom is 0.325 e. The molecule has 0 spiro atoms. The van der Waals surface area contributed by atoms with Gasteiger partial charge in [-0.2, -0.15) is 0 Å². The molecule has 0 aliphatic heterocycles. The number of carboxylic acids is 1. The maximum atomic E-state index is 11.8. The summed E-state index contributed by atoms with van der Waals surface area (Å²) in [5.41, 5.74) is 0.808. The second-order valence-electron chi connectivity index (χ2n) is 4.86. The first-order chi connectivity index (χ1) is 10.1. The number of fused-ring (bicyclic) bond motifs is 1. The van der Waals surface area contributed by atoms with Crippen molar-refractivity contribution in [1.82, 2.24) is 4.90 Å². The van der Waals surface area contributed by atoms with Gasteiger partial charge in [0.05, 0.1) is 7.11 Å². The van der Waals surface area contributed by atoms with Crippen molar-refractivity contribution in [3.05, 3.63) is 42.0 Å². The zero-order valence-corrected chi connectivity index (χ0v) is 12.7. The topological polar surface area (TPSA) is 49.8 Å². The molecule has 0 bridgehead atoms. The van der Waals surface area contributed by atoms with E-state index < -0.39 is 12.0 Å². The molecule has 0 amide bonds. The van der Waals surface area contributed by atoms with Gasteiger partial charge in [-0.1, -0.05) is 44.2 Å². The Bertz CT molecular complexity index is 635. The van der Waals surface area contributed by atoms with E-state index in [0.717, 1.165) is 22.1 Å². The number of likely N-dealkylation sites (N-methyl/N-ethyl adjacent to an activating group) is 1. The van der Waals surface area contributed by atoms with Crippen molar-refractivity contribution in [2.24, 2.45) is 0 Å². The summed E-state index contributed by atoms with van der Waals surface area (Å²) in [6, 6.07) is 10.8. The zero-order chi connectivity index (χ0) is 15.4. The lowest BCUT2D eigenvalue weighted by molar-refractivity contribution is -0.143. The van der Waals surface area contributed by atoms with Crippen molar-refractivity contribution >= 4 is 16.7 Å². The van der Waals surface area contributed by atoms with E-state index in [-0.39, 0.29) is 0 Å². The van der Waals surface area contributed by atoms with Gasteiger partial charge in [0.1, 0.15) is 11.8 Å². The van der Waals surface area contributed by atoms with Crippen LogP contribution in [0.3, 0.4) is 0 Å². The fourth-order valence-corrected chi connectivity index (χ4v) is 2.79. The Balaban J connectivity index is 2.66. The summed E-state index contributed by atoms with van der Waals surface area (Å²) in [5.74, 6) is -0.0629. The lowest BCUT2D eigenvalue weighted by atomic mass is 9.97. The van der Waals surface area contributed by atoms with E-state index in [1.54, 1.807) is 7.11 Å². The minimum Gasteiger partial charge on any atom is -0.496 e. The maximum absolute atomic E-state index is 11.8. The molecule has 1 unspecified atom stereocenters. The van der Waals surface area contributed by atoms with Crippen LogP contribution in [0.5, 0.6) is 5.75 Å². The number of carboxylic acid groups (broad SMARTS) is 1. The molecule has 0 saturated heterocycles. The molecule has 0 aromatic heterocycles. The van der Waals surface area contributed by atoms with Gasteiger partial charge in [-0.15, -0.1) is 0 Å². The highest BCUT2D eigenvalue weighted by atomic mass is 16.5. The summed E-state index contributed by atoms with van der Waals surface area (Å²) in [5, 5.41) is 11.5. The highest BCUT2D eigenvalue weighted by Crippen LogP contribution is 2.33. The van der Waals surface area contributed by atoms with Crippen LogP contribution in [-0.2, 0) is 4.79 Å². The molecule has 0 aliphatic carbocycles. The van der Waals surface area contributed by atoms with E-state index in [2.05, 4.69) is 0 Å². The lowest BCUT2D eigenvalue weighted by Gasteiger charge is -2.27. The fraction of sp³-hybridized carbons (Fsp3) is 0.353. The molecule has 1 N–H and O–H groups in total. The first-order valence-corrected chi connectivity index (χ1v) is 7.16. The molecule has 0 aliphatic rings. The first kappa shape index (κ1) is 15.3. The number of carbonyl (C=O) groups is 1. The van der Waals surface area contributed by atoms with E-state index in [4.69, 9.17) is 4.74 Å². The van der Waals surface area contributed by atoms with Gasteiger partial charge >= 0.3 is 5.97 Å². The standard InChI is InChI=1S/C17H21NO3/c1-4-18(5-2)16(17(19)20)14-10-11-15(21-3)13-9-7-6-8-12(13)14/h6-11,16H,4-5H2,1-3H3,(H,19,20). The number of ether oxygens (including phenoxy) is 1. The van der Waals surface area contributed by atoms with Crippen molar-refractivity contribution in [2.45, 2.75) is 19.9 Å². The zero-order valence-electron chi connectivity index (χ0n) is 12.7. The Morgan fingerprint density at radius 1 is 1.14 bits per heavy atom. The second kappa shape index (κ2) is 6.59. The van der Waals surface area contributed by atoms with Gasteiger partial charge < -0.3 is 9.84 Å². The Hall–Kier alpha value is -2.07. The molecule has 112 valence electrons. The third-order valence-corrected chi connectivity index (χ3v) is 3.84. The smallest absolute Gasteiger partial charge is 0.325 e. The van der Waals surface area contributed by atoms with E-state index >= 15 is 0 Å². The monoisotopic (exact) mass is 287 g/mol. The SMILES string of the molecule is CCN(CC)C(C(=O)O)c1ccc(OC)c2ccccc12.